The molecule has 0 radical (unpaired) electrons. The van der Waals surface area contributed by atoms with Crippen molar-refractivity contribution in [2.75, 3.05) is 0 Å². The number of allylic oxidation sites excluding steroid dienone is 1. The zero-order valence-electron chi connectivity index (χ0n) is 7.93. The van der Waals surface area contributed by atoms with E-state index in [9.17, 15) is 0 Å². The van der Waals surface area contributed by atoms with Gasteiger partial charge < -0.3 is 0 Å². The molecule has 1 nitrogen and oxygen atoms in total. The lowest BCUT2D eigenvalue weighted by Gasteiger charge is -2.27. The molecule has 1 rings (SSSR count). The Labute approximate surface area is 75.2 Å². The molecule has 0 heterocycles. The Hall–Kier alpha value is -0.740. The van der Waals surface area contributed by atoms with Crippen LogP contribution in [0.25, 0.3) is 0 Å². The molecule has 12 heavy (non-hydrogen) atoms. The van der Waals surface area contributed by atoms with Crippen molar-refractivity contribution in [1.29, 1.82) is 0 Å². The molecule has 1 unspecified atom stereocenters. The van der Waals surface area contributed by atoms with Crippen LogP contribution in [-0.2, 0) is 0 Å². The first-order valence-corrected chi connectivity index (χ1v) is 4.56. The Morgan fingerprint density at radius 2 is 2.33 bits per heavy atom. The summed E-state index contributed by atoms with van der Waals surface area (Å²) >= 11 is 0. The van der Waals surface area contributed by atoms with Gasteiger partial charge in [-0.05, 0) is 33.1 Å². The van der Waals surface area contributed by atoms with E-state index in [1.807, 2.05) is 13.8 Å². The van der Waals surface area contributed by atoms with E-state index in [2.05, 4.69) is 23.4 Å². The molecule has 0 saturated heterocycles. The summed E-state index contributed by atoms with van der Waals surface area (Å²) in [6, 6.07) is 0.477. The molecule has 0 spiro atoms. The molecule has 0 aromatic rings. The number of hydrogen-bond donors (Lipinski definition) is 1. The molecule has 1 aliphatic carbocycles. The van der Waals surface area contributed by atoms with Gasteiger partial charge in [0.15, 0.2) is 0 Å². The summed E-state index contributed by atoms with van der Waals surface area (Å²) < 4.78 is 0. The van der Waals surface area contributed by atoms with Crippen LogP contribution in [0, 0.1) is 12.3 Å². The van der Waals surface area contributed by atoms with E-state index in [4.69, 9.17) is 6.42 Å². The topological polar surface area (TPSA) is 12.0 Å². The maximum atomic E-state index is 5.39. The van der Waals surface area contributed by atoms with Gasteiger partial charge in [0.2, 0.25) is 0 Å². The zero-order valence-corrected chi connectivity index (χ0v) is 7.93. The third-order valence-corrected chi connectivity index (χ3v) is 2.16. The van der Waals surface area contributed by atoms with Crippen LogP contribution in [0.4, 0.5) is 0 Å². The van der Waals surface area contributed by atoms with Crippen LogP contribution in [0.15, 0.2) is 12.2 Å². The number of rotatable bonds is 2. The summed E-state index contributed by atoms with van der Waals surface area (Å²) in [5, 5.41) is 3.42. The highest BCUT2D eigenvalue weighted by atomic mass is 15.0. The van der Waals surface area contributed by atoms with Gasteiger partial charge in [-0.3, -0.25) is 5.32 Å². The van der Waals surface area contributed by atoms with Gasteiger partial charge in [-0.15, -0.1) is 6.42 Å². The summed E-state index contributed by atoms with van der Waals surface area (Å²) in [6.07, 6.45) is 13.5. The molecule has 1 heteroatoms. The largest absolute Gasteiger partial charge is 0.295 e. The number of terminal acetylenes is 1. The van der Waals surface area contributed by atoms with E-state index in [-0.39, 0.29) is 5.54 Å². The molecular formula is C11H17N. The van der Waals surface area contributed by atoms with Crippen LogP contribution in [0.5, 0.6) is 0 Å². The van der Waals surface area contributed by atoms with Crippen molar-refractivity contribution in [3.63, 3.8) is 0 Å². The van der Waals surface area contributed by atoms with Gasteiger partial charge in [0.1, 0.15) is 0 Å². The predicted molar refractivity (Wildman–Crippen MR) is 52.8 cm³/mol. The molecule has 0 saturated carbocycles. The van der Waals surface area contributed by atoms with E-state index in [0.29, 0.717) is 6.04 Å². The van der Waals surface area contributed by atoms with Crippen molar-refractivity contribution >= 4 is 0 Å². The molecule has 0 amide bonds. The minimum absolute atomic E-state index is 0.174. The Morgan fingerprint density at radius 1 is 1.58 bits per heavy atom. The molecule has 1 N–H and O–H groups in total. The normalized spacial score (nSPS) is 23.6. The van der Waals surface area contributed by atoms with E-state index in [1.165, 1.54) is 19.3 Å². The van der Waals surface area contributed by atoms with E-state index < -0.39 is 0 Å². The van der Waals surface area contributed by atoms with Gasteiger partial charge in [0.05, 0.1) is 5.54 Å². The molecule has 0 fully saturated rings. The Bertz CT molecular complexity index is 208. The first-order valence-electron chi connectivity index (χ1n) is 4.56. The number of hydrogen-bond acceptors (Lipinski definition) is 1. The second-order valence-corrected chi connectivity index (χ2v) is 3.88. The predicted octanol–water partition coefficient (Wildman–Crippen LogP) is 2.10. The van der Waals surface area contributed by atoms with Crippen molar-refractivity contribution in [2.24, 2.45) is 0 Å². The van der Waals surface area contributed by atoms with Crippen LogP contribution in [0.2, 0.25) is 0 Å². The molecule has 0 aromatic carbocycles. The first-order chi connectivity index (χ1) is 5.64. The highest BCUT2D eigenvalue weighted by Crippen LogP contribution is 2.13. The van der Waals surface area contributed by atoms with Crippen molar-refractivity contribution in [3.8, 4) is 12.3 Å². The molecule has 1 aliphatic rings. The maximum Gasteiger partial charge on any atom is 0.0745 e. The summed E-state index contributed by atoms with van der Waals surface area (Å²) in [6.45, 7) is 4.07. The minimum atomic E-state index is -0.174. The molecule has 0 aliphatic heterocycles. The van der Waals surface area contributed by atoms with Gasteiger partial charge in [-0.2, -0.15) is 0 Å². The standard InChI is InChI=1S/C11H17N/c1-4-11(2,3)12-10-8-6-5-7-9-10/h1,6,8,10,12H,5,7,9H2,2-3H3. The smallest absolute Gasteiger partial charge is 0.0745 e. The Morgan fingerprint density at radius 3 is 2.83 bits per heavy atom. The number of nitrogens with one attached hydrogen (secondary N) is 1. The van der Waals surface area contributed by atoms with Crippen LogP contribution in [0.3, 0.4) is 0 Å². The lowest BCUT2D eigenvalue weighted by atomic mass is 9.98. The van der Waals surface area contributed by atoms with Gasteiger partial charge >= 0.3 is 0 Å². The van der Waals surface area contributed by atoms with Crippen molar-refractivity contribution in [1.82, 2.24) is 5.32 Å². The van der Waals surface area contributed by atoms with E-state index >= 15 is 0 Å². The van der Waals surface area contributed by atoms with Crippen LogP contribution >= 0.6 is 0 Å². The molecule has 1 atom stereocenters. The summed E-state index contributed by atoms with van der Waals surface area (Å²) in [7, 11) is 0. The molecule has 0 bridgehead atoms. The Balaban J connectivity index is 2.46. The van der Waals surface area contributed by atoms with Gasteiger partial charge in [0.25, 0.3) is 0 Å². The second-order valence-electron chi connectivity index (χ2n) is 3.88. The van der Waals surface area contributed by atoms with Gasteiger partial charge in [-0.25, -0.2) is 0 Å². The summed E-state index contributed by atoms with van der Waals surface area (Å²) in [5.41, 5.74) is -0.174. The van der Waals surface area contributed by atoms with Gasteiger partial charge in [0, 0.05) is 6.04 Å². The quantitative estimate of drug-likeness (QED) is 0.485. The minimum Gasteiger partial charge on any atom is -0.295 e. The third-order valence-electron chi connectivity index (χ3n) is 2.16. The van der Waals surface area contributed by atoms with Crippen LogP contribution in [0.1, 0.15) is 33.1 Å². The highest BCUT2D eigenvalue weighted by molar-refractivity contribution is 5.11. The van der Waals surface area contributed by atoms with E-state index in [0.717, 1.165) is 0 Å². The SMILES string of the molecule is C#CC(C)(C)NC1C=CCCC1. The molecular weight excluding hydrogens is 146 g/mol. The van der Waals surface area contributed by atoms with Gasteiger partial charge in [-0.1, -0.05) is 18.1 Å². The van der Waals surface area contributed by atoms with Crippen molar-refractivity contribution in [3.05, 3.63) is 12.2 Å². The Kier molecular flexibility index (Phi) is 2.94. The molecule has 66 valence electrons. The fourth-order valence-corrected chi connectivity index (χ4v) is 1.44. The van der Waals surface area contributed by atoms with Crippen molar-refractivity contribution < 1.29 is 0 Å². The summed E-state index contributed by atoms with van der Waals surface area (Å²) in [5.74, 6) is 2.74. The van der Waals surface area contributed by atoms with Crippen molar-refractivity contribution in [2.45, 2.75) is 44.7 Å². The van der Waals surface area contributed by atoms with Crippen LogP contribution < -0.4 is 5.32 Å². The average molecular weight is 163 g/mol. The second kappa shape index (κ2) is 3.78. The lowest BCUT2D eigenvalue weighted by molar-refractivity contribution is 0.417. The third kappa shape index (κ3) is 2.71. The monoisotopic (exact) mass is 163 g/mol. The maximum absolute atomic E-state index is 5.39. The fourth-order valence-electron chi connectivity index (χ4n) is 1.44. The first kappa shape index (κ1) is 9.35. The fraction of sp³-hybridized carbons (Fsp3) is 0.636. The molecule has 0 aromatic heterocycles. The average Bonchev–Trinajstić information content (AvgIpc) is 2.06. The lowest BCUT2D eigenvalue weighted by Crippen LogP contribution is -2.44. The zero-order chi connectivity index (χ0) is 9.03. The van der Waals surface area contributed by atoms with Crippen LogP contribution in [-0.4, -0.2) is 11.6 Å². The highest BCUT2D eigenvalue weighted by Gasteiger charge is 2.18. The van der Waals surface area contributed by atoms with E-state index in [1.54, 1.807) is 0 Å². The summed E-state index contributed by atoms with van der Waals surface area (Å²) in [4.78, 5) is 0.